The van der Waals surface area contributed by atoms with Gasteiger partial charge in [-0.2, -0.15) is 0 Å². The highest BCUT2D eigenvalue weighted by atomic mass is 16.6. The number of nitrogens with zero attached hydrogens (tertiary/aromatic N) is 2. The molecular weight excluding hydrogens is 346 g/mol. The summed E-state index contributed by atoms with van der Waals surface area (Å²) < 4.78 is 11.5. The number of para-hydroxylation sites is 4. The maximum atomic E-state index is 12.4. The van der Waals surface area contributed by atoms with Gasteiger partial charge < -0.3 is 29.7 Å². The van der Waals surface area contributed by atoms with E-state index in [1.165, 1.54) is 0 Å². The van der Waals surface area contributed by atoms with Crippen molar-refractivity contribution in [1.29, 1.82) is 0 Å². The topological polar surface area (TPSA) is 74.3 Å². The molecule has 0 spiro atoms. The number of ether oxygens (including phenoxy) is 2. The number of nitrogens with one attached hydrogen (secondary N) is 1. The standard InChI is InChI=1S/C20H23N3O4/c24-17-6-2-1-5-16(17)22-9-11-23(12-10-22)20(25)21-13-15-14-26-18-7-3-4-8-19(18)27-15/h1-8,15,24H,9-14H2,(H,21,25)/t15-/m0/s1. The Labute approximate surface area is 158 Å². The van der Waals surface area contributed by atoms with E-state index in [1.807, 2.05) is 36.4 Å². The molecule has 27 heavy (non-hydrogen) atoms. The number of piperazine rings is 1. The number of benzene rings is 2. The van der Waals surface area contributed by atoms with Crippen LogP contribution in [-0.4, -0.2) is 61.5 Å². The molecule has 2 amide bonds. The Morgan fingerprint density at radius 2 is 1.74 bits per heavy atom. The first-order chi connectivity index (χ1) is 13.2. The highest BCUT2D eigenvalue weighted by molar-refractivity contribution is 5.74. The number of urea groups is 1. The molecule has 2 aliphatic rings. The largest absolute Gasteiger partial charge is 0.506 e. The van der Waals surface area contributed by atoms with Crippen LogP contribution in [0.2, 0.25) is 0 Å². The van der Waals surface area contributed by atoms with E-state index in [0.29, 0.717) is 45.1 Å². The maximum absolute atomic E-state index is 12.4. The zero-order chi connectivity index (χ0) is 18.6. The smallest absolute Gasteiger partial charge is 0.317 e. The number of hydrogen-bond donors (Lipinski definition) is 2. The molecule has 0 aromatic heterocycles. The van der Waals surface area contributed by atoms with Crippen molar-refractivity contribution in [3.05, 3.63) is 48.5 Å². The first-order valence-corrected chi connectivity index (χ1v) is 9.15. The minimum atomic E-state index is -0.202. The average molecular weight is 369 g/mol. The Balaban J connectivity index is 1.25. The summed E-state index contributed by atoms with van der Waals surface area (Å²) in [6, 6.07) is 14.7. The molecule has 1 atom stereocenters. The number of carbonyl (C=O) groups is 1. The summed E-state index contributed by atoms with van der Waals surface area (Å²) in [5.74, 6) is 1.71. The Bertz CT molecular complexity index is 805. The molecule has 0 radical (unpaired) electrons. The number of aromatic hydroxyl groups is 1. The van der Waals surface area contributed by atoms with Crippen molar-refractivity contribution >= 4 is 11.7 Å². The van der Waals surface area contributed by atoms with Crippen LogP contribution >= 0.6 is 0 Å². The van der Waals surface area contributed by atoms with Crippen LogP contribution in [0.5, 0.6) is 17.2 Å². The van der Waals surface area contributed by atoms with Gasteiger partial charge in [-0.25, -0.2) is 4.79 Å². The fourth-order valence-electron chi connectivity index (χ4n) is 3.36. The minimum absolute atomic E-state index is 0.102. The third-order valence-corrected chi connectivity index (χ3v) is 4.84. The number of carbonyl (C=O) groups excluding carboxylic acids is 1. The predicted molar refractivity (Wildman–Crippen MR) is 102 cm³/mol. The molecule has 4 rings (SSSR count). The van der Waals surface area contributed by atoms with E-state index in [-0.39, 0.29) is 17.9 Å². The van der Waals surface area contributed by atoms with Gasteiger partial charge in [0.2, 0.25) is 0 Å². The number of phenolic OH excluding ortho intramolecular Hbond substituents is 1. The summed E-state index contributed by atoms with van der Waals surface area (Å²) in [5.41, 5.74) is 0.809. The molecule has 2 aromatic rings. The second kappa shape index (κ2) is 7.65. The Kier molecular flexibility index (Phi) is 4.91. The van der Waals surface area contributed by atoms with E-state index >= 15 is 0 Å². The molecule has 0 saturated carbocycles. The van der Waals surface area contributed by atoms with Gasteiger partial charge in [-0.15, -0.1) is 0 Å². The van der Waals surface area contributed by atoms with Crippen LogP contribution in [0.25, 0.3) is 0 Å². The molecule has 2 aromatic carbocycles. The van der Waals surface area contributed by atoms with Crippen molar-refractivity contribution in [2.75, 3.05) is 44.2 Å². The van der Waals surface area contributed by atoms with Crippen molar-refractivity contribution in [1.82, 2.24) is 10.2 Å². The van der Waals surface area contributed by atoms with E-state index < -0.39 is 0 Å². The number of rotatable bonds is 3. The van der Waals surface area contributed by atoms with Gasteiger partial charge in [0.1, 0.15) is 12.4 Å². The third kappa shape index (κ3) is 3.86. The summed E-state index contributed by atoms with van der Waals surface area (Å²) >= 11 is 0. The molecule has 1 saturated heterocycles. The van der Waals surface area contributed by atoms with E-state index in [0.717, 1.165) is 11.4 Å². The van der Waals surface area contributed by atoms with Crippen LogP contribution in [0.15, 0.2) is 48.5 Å². The molecule has 0 bridgehead atoms. The zero-order valence-electron chi connectivity index (χ0n) is 15.0. The highest BCUT2D eigenvalue weighted by Gasteiger charge is 2.25. The Hall–Kier alpha value is -3.09. The normalized spacial score (nSPS) is 18.9. The summed E-state index contributed by atoms with van der Waals surface area (Å²) in [5, 5.41) is 12.9. The molecule has 2 aliphatic heterocycles. The average Bonchev–Trinajstić information content (AvgIpc) is 2.72. The quantitative estimate of drug-likeness (QED) is 0.866. The molecule has 0 unspecified atom stereocenters. The van der Waals surface area contributed by atoms with E-state index in [4.69, 9.17) is 9.47 Å². The maximum Gasteiger partial charge on any atom is 0.317 e. The lowest BCUT2D eigenvalue weighted by Crippen LogP contribution is -2.53. The number of phenols is 1. The lowest BCUT2D eigenvalue weighted by atomic mass is 10.2. The molecule has 142 valence electrons. The van der Waals surface area contributed by atoms with Gasteiger partial charge >= 0.3 is 6.03 Å². The lowest BCUT2D eigenvalue weighted by molar-refractivity contribution is 0.0900. The second-order valence-corrected chi connectivity index (χ2v) is 6.65. The third-order valence-electron chi connectivity index (χ3n) is 4.84. The zero-order valence-corrected chi connectivity index (χ0v) is 15.0. The van der Waals surface area contributed by atoms with Crippen molar-refractivity contribution in [2.45, 2.75) is 6.10 Å². The Morgan fingerprint density at radius 1 is 1.04 bits per heavy atom. The fraction of sp³-hybridized carbons (Fsp3) is 0.350. The van der Waals surface area contributed by atoms with Crippen LogP contribution in [0, 0.1) is 0 Å². The minimum Gasteiger partial charge on any atom is -0.506 e. The summed E-state index contributed by atoms with van der Waals surface area (Å²) in [4.78, 5) is 16.3. The van der Waals surface area contributed by atoms with Crippen molar-refractivity contribution < 1.29 is 19.4 Å². The SMILES string of the molecule is O=C(NC[C@H]1COc2ccccc2O1)N1CCN(c2ccccc2O)CC1. The van der Waals surface area contributed by atoms with Crippen molar-refractivity contribution in [3.63, 3.8) is 0 Å². The second-order valence-electron chi connectivity index (χ2n) is 6.65. The van der Waals surface area contributed by atoms with Gasteiger partial charge in [0.25, 0.3) is 0 Å². The molecule has 7 heteroatoms. The van der Waals surface area contributed by atoms with Crippen molar-refractivity contribution in [3.8, 4) is 17.2 Å². The summed E-state index contributed by atoms with van der Waals surface area (Å²) in [6.07, 6.45) is -0.202. The molecular formula is C20H23N3O4. The van der Waals surface area contributed by atoms with Gasteiger partial charge in [-0.1, -0.05) is 24.3 Å². The molecule has 2 heterocycles. The predicted octanol–water partition coefficient (Wildman–Crippen LogP) is 2.06. The van der Waals surface area contributed by atoms with E-state index in [9.17, 15) is 9.90 Å². The van der Waals surface area contributed by atoms with Gasteiger partial charge in [0, 0.05) is 26.2 Å². The first-order valence-electron chi connectivity index (χ1n) is 9.15. The number of hydrogen-bond acceptors (Lipinski definition) is 5. The van der Waals surface area contributed by atoms with Crippen LogP contribution < -0.4 is 19.7 Å². The van der Waals surface area contributed by atoms with Gasteiger partial charge in [-0.3, -0.25) is 0 Å². The van der Waals surface area contributed by atoms with Crippen LogP contribution in [0.3, 0.4) is 0 Å². The monoisotopic (exact) mass is 369 g/mol. The van der Waals surface area contributed by atoms with Crippen LogP contribution in [-0.2, 0) is 0 Å². The van der Waals surface area contributed by atoms with Gasteiger partial charge in [0.15, 0.2) is 17.6 Å². The van der Waals surface area contributed by atoms with Crippen LogP contribution in [0.1, 0.15) is 0 Å². The van der Waals surface area contributed by atoms with Crippen molar-refractivity contribution in [2.24, 2.45) is 0 Å². The summed E-state index contributed by atoms with van der Waals surface area (Å²) in [7, 11) is 0. The number of anilines is 1. The van der Waals surface area contributed by atoms with Crippen LogP contribution in [0.4, 0.5) is 10.5 Å². The number of fused-ring (bicyclic) bond motifs is 1. The van der Waals surface area contributed by atoms with Gasteiger partial charge in [-0.05, 0) is 24.3 Å². The molecule has 0 aliphatic carbocycles. The lowest BCUT2D eigenvalue weighted by Gasteiger charge is -2.36. The Morgan fingerprint density at radius 3 is 2.52 bits per heavy atom. The molecule has 7 nitrogen and oxygen atoms in total. The molecule has 2 N–H and O–H groups in total. The fourth-order valence-corrected chi connectivity index (χ4v) is 3.36. The van der Waals surface area contributed by atoms with E-state index in [2.05, 4.69) is 10.2 Å². The van der Waals surface area contributed by atoms with E-state index in [1.54, 1.807) is 17.0 Å². The van der Waals surface area contributed by atoms with Gasteiger partial charge in [0.05, 0.1) is 12.2 Å². The number of amides is 2. The highest BCUT2D eigenvalue weighted by Crippen LogP contribution is 2.30. The summed E-state index contributed by atoms with van der Waals surface area (Å²) in [6.45, 7) is 3.38. The molecule has 1 fully saturated rings. The first kappa shape index (κ1) is 17.3.